The van der Waals surface area contributed by atoms with Gasteiger partial charge in [0.15, 0.2) is 5.69 Å². The molecule has 4 rings (SSSR count). The minimum atomic E-state index is -4.85. The summed E-state index contributed by atoms with van der Waals surface area (Å²) in [4.78, 5) is 29.1. The summed E-state index contributed by atoms with van der Waals surface area (Å²) >= 11 is 0. The molecule has 0 atom stereocenters. The molecule has 8 nitrogen and oxygen atoms in total. The first-order valence-corrected chi connectivity index (χ1v) is 11.5. The van der Waals surface area contributed by atoms with Gasteiger partial charge in [-0.2, -0.15) is 23.5 Å². The number of hydrogen-bond donors (Lipinski definition) is 2. The van der Waals surface area contributed by atoms with E-state index in [4.69, 9.17) is 5.73 Å². The van der Waals surface area contributed by atoms with Crippen LogP contribution in [0.25, 0.3) is 10.9 Å². The van der Waals surface area contributed by atoms with Crippen LogP contribution in [0.1, 0.15) is 57.2 Å². The molecule has 2 aromatic carbocycles. The molecular formula is C27H23F3N6O2. The van der Waals surface area contributed by atoms with E-state index in [1.54, 1.807) is 62.4 Å². The number of halogens is 3. The van der Waals surface area contributed by atoms with Gasteiger partial charge in [0.25, 0.3) is 11.8 Å². The fraction of sp³-hybridized carbons (Fsp3) is 0.222. The summed E-state index contributed by atoms with van der Waals surface area (Å²) in [6.45, 7) is 4.96. The summed E-state index contributed by atoms with van der Waals surface area (Å²) in [5.74, 6) is -1.75. The number of amides is 2. The Balaban J connectivity index is 1.72. The fourth-order valence-corrected chi connectivity index (χ4v) is 3.98. The van der Waals surface area contributed by atoms with Gasteiger partial charge in [0, 0.05) is 5.39 Å². The monoisotopic (exact) mass is 520 g/mol. The van der Waals surface area contributed by atoms with Gasteiger partial charge in [0.05, 0.1) is 40.5 Å². The van der Waals surface area contributed by atoms with Crippen LogP contribution >= 0.6 is 0 Å². The van der Waals surface area contributed by atoms with Crippen molar-refractivity contribution in [1.82, 2.24) is 14.8 Å². The third-order valence-electron chi connectivity index (χ3n) is 6.21. The number of nitrogens with one attached hydrogen (secondary N) is 1. The average Bonchev–Trinajstić information content (AvgIpc) is 3.18. The van der Waals surface area contributed by atoms with Crippen LogP contribution in [0.5, 0.6) is 0 Å². The number of pyridine rings is 1. The third-order valence-corrected chi connectivity index (χ3v) is 6.21. The van der Waals surface area contributed by atoms with Crippen molar-refractivity contribution >= 4 is 28.4 Å². The number of aromatic nitrogens is 3. The number of fused-ring (bicyclic) bond motifs is 1. The lowest BCUT2D eigenvalue weighted by atomic mass is 9.86. The lowest BCUT2D eigenvalue weighted by Crippen LogP contribution is -2.19. The van der Waals surface area contributed by atoms with E-state index in [0.29, 0.717) is 16.5 Å². The first kappa shape index (κ1) is 26.3. The number of carbonyl (C=O) groups is 2. The van der Waals surface area contributed by atoms with Crippen LogP contribution in [0, 0.1) is 18.3 Å². The Morgan fingerprint density at radius 1 is 1.11 bits per heavy atom. The van der Waals surface area contributed by atoms with Crippen molar-refractivity contribution in [3.05, 3.63) is 88.4 Å². The highest BCUT2D eigenvalue weighted by Crippen LogP contribution is 2.36. The maximum Gasteiger partial charge on any atom is 0.437 e. The Labute approximate surface area is 215 Å². The molecule has 4 aromatic rings. The standard InChI is InChI=1S/C27H23F3N6O2/c1-15-22(34-25(38)19-12-21(24(32)37)33-20-7-5-4-6-18(19)20)23(27(28,29)30)35-36(15)13-16-8-10-17(11-9-16)26(2,3)14-31/h4-12H,13H2,1-3H3,(H2,32,37)(H,34,38). The number of para-hydroxylation sites is 1. The number of nitrogens with zero attached hydrogens (tertiary/aromatic N) is 4. The number of primary amides is 1. The van der Waals surface area contributed by atoms with E-state index in [2.05, 4.69) is 21.5 Å². The van der Waals surface area contributed by atoms with Gasteiger partial charge in [-0.25, -0.2) is 4.98 Å². The Morgan fingerprint density at radius 2 is 1.76 bits per heavy atom. The summed E-state index contributed by atoms with van der Waals surface area (Å²) in [6, 6.07) is 16.7. The Morgan fingerprint density at radius 3 is 2.37 bits per heavy atom. The molecule has 38 heavy (non-hydrogen) atoms. The first-order chi connectivity index (χ1) is 17.8. The van der Waals surface area contributed by atoms with E-state index in [9.17, 15) is 28.0 Å². The molecule has 0 radical (unpaired) electrons. The van der Waals surface area contributed by atoms with Crippen LogP contribution in [0.4, 0.5) is 18.9 Å². The van der Waals surface area contributed by atoms with Gasteiger partial charge in [-0.3, -0.25) is 14.3 Å². The number of hydrogen-bond acceptors (Lipinski definition) is 5. The molecule has 0 aliphatic carbocycles. The highest BCUT2D eigenvalue weighted by atomic mass is 19.4. The van der Waals surface area contributed by atoms with E-state index >= 15 is 0 Å². The number of alkyl halides is 3. The van der Waals surface area contributed by atoms with Crippen LogP contribution in [0.2, 0.25) is 0 Å². The van der Waals surface area contributed by atoms with Crippen molar-refractivity contribution in [2.24, 2.45) is 5.73 Å². The van der Waals surface area contributed by atoms with Gasteiger partial charge in [-0.05, 0) is 44.0 Å². The van der Waals surface area contributed by atoms with Crippen molar-refractivity contribution in [3.63, 3.8) is 0 Å². The van der Waals surface area contributed by atoms with Crippen molar-refractivity contribution < 1.29 is 22.8 Å². The van der Waals surface area contributed by atoms with Gasteiger partial charge >= 0.3 is 6.18 Å². The zero-order chi connectivity index (χ0) is 27.8. The third kappa shape index (κ3) is 5.06. The Kier molecular flexibility index (Phi) is 6.67. The maximum absolute atomic E-state index is 14.0. The second-order valence-corrected chi connectivity index (χ2v) is 9.29. The largest absolute Gasteiger partial charge is 0.437 e. The van der Waals surface area contributed by atoms with Gasteiger partial charge in [-0.15, -0.1) is 0 Å². The lowest BCUT2D eigenvalue weighted by Gasteiger charge is -2.16. The number of anilines is 1. The average molecular weight is 521 g/mol. The predicted molar refractivity (Wildman–Crippen MR) is 134 cm³/mol. The zero-order valence-corrected chi connectivity index (χ0v) is 20.7. The molecule has 2 aromatic heterocycles. The molecule has 0 fully saturated rings. The predicted octanol–water partition coefficient (Wildman–Crippen LogP) is 4.96. The molecule has 0 spiro atoms. The van der Waals surface area contributed by atoms with Crippen molar-refractivity contribution in [3.8, 4) is 6.07 Å². The minimum Gasteiger partial charge on any atom is -0.364 e. The van der Waals surface area contributed by atoms with Gasteiger partial charge < -0.3 is 11.1 Å². The fourth-order valence-electron chi connectivity index (χ4n) is 3.98. The summed E-state index contributed by atoms with van der Waals surface area (Å²) in [5.41, 5.74) is 4.43. The molecule has 11 heteroatoms. The molecule has 0 aliphatic rings. The number of nitrogens with two attached hydrogens (primary N) is 1. The second-order valence-electron chi connectivity index (χ2n) is 9.29. The summed E-state index contributed by atoms with van der Waals surface area (Å²) in [6.07, 6.45) is -4.85. The van der Waals surface area contributed by atoms with E-state index in [1.165, 1.54) is 6.92 Å². The molecular weight excluding hydrogens is 497 g/mol. The second kappa shape index (κ2) is 9.63. The highest BCUT2D eigenvalue weighted by Gasteiger charge is 2.39. The van der Waals surface area contributed by atoms with E-state index in [1.807, 2.05) is 0 Å². The lowest BCUT2D eigenvalue weighted by molar-refractivity contribution is -0.140. The topological polar surface area (TPSA) is 127 Å². The number of benzene rings is 2. The van der Waals surface area contributed by atoms with E-state index in [-0.39, 0.29) is 23.5 Å². The van der Waals surface area contributed by atoms with Gasteiger partial charge in [-0.1, -0.05) is 42.5 Å². The molecule has 0 bridgehead atoms. The molecule has 2 heterocycles. The van der Waals surface area contributed by atoms with Crippen LogP contribution in [-0.4, -0.2) is 26.6 Å². The Bertz CT molecular complexity index is 1600. The molecule has 194 valence electrons. The van der Waals surface area contributed by atoms with Crippen LogP contribution in [-0.2, 0) is 18.1 Å². The smallest absolute Gasteiger partial charge is 0.364 e. The Hall–Kier alpha value is -4.72. The normalized spacial score (nSPS) is 11.8. The van der Waals surface area contributed by atoms with Crippen molar-refractivity contribution in [1.29, 1.82) is 5.26 Å². The molecule has 0 saturated carbocycles. The van der Waals surface area contributed by atoms with Crippen LogP contribution in [0.3, 0.4) is 0 Å². The molecule has 0 aliphatic heterocycles. The quantitative estimate of drug-likeness (QED) is 0.372. The first-order valence-electron chi connectivity index (χ1n) is 11.5. The number of carbonyl (C=O) groups excluding carboxylic acids is 2. The van der Waals surface area contributed by atoms with Crippen LogP contribution in [0.15, 0.2) is 54.6 Å². The van der Waals surface area contributed by atoms with Crippen LogP contribution < -0.4 is 11.1 Å². The number of nitriles is 1. The highest BCUT2D eigenvalue weighted by molar-refractivity contribution is 6.14. The summed E-state index contributed by atoms with van der Waals surface area (Å²) < 4.78 is 43.0. The molecule has 0 unspecified atom stereocenters. The molecule has 2 amide bonds. The molecule has 0 saturated heterocycles. The van der Waals surface area contributed by atoms with Crippen molar-refractivity contribution in [2.45, 2.75) is 38.9 Å². The molecule has 3 N–H and O–H groups in total. The summed E-state index contributed by atoms with van der Waals surface area (Å²) in [7, 11) is 0. The van der Waals surface area contributed by atoms with Gasteiger partial charge in [0.1, 0.15) is 5.69 Å². The van der Waals surface area contributed by atoms with E-state index in [0.717, 1.165) is 16.3 Å². The summed E-state index contributed by atoms with van der Waals surface area (Å²) in [5, 5.41) is 15.8. The zero-order valence-electron chi connectivity index (χ0n) is 20.7. The SMILES string of the molecule is Cc1c(NC(=O)c2cc(C(N)=O)nc3ccccc23)c(C(F)(F)F)nn1Cc1ccc(C(C)(C)C#N)cc1. The van der Waals surface area contributed by atoms with Gasteiger partial charge in [0.2, 0.25) is 0 Å². The number of rotatable bonds is 6. The maximum atomic E-state index is 14.0. The minimum absolute atomic E-state index is 0.00204. The van der Waals surface area contributed by atoms with E-state index < -0.39 is 34.8 Å². The van der Waals surface area contributed by atoms with Crippen molar-refractivity contribution in [2.75, 3.05) is 5.32 Å².